The SMILES string of the molecule is CC1CN(C(C)(CN)Cc2ccccc2)CC1C. The third-order valence-corrected chi connectivity index (χ3v) is 4.62. The van der Waals surface area contributed by atoms with Crippen LogP contribution < -0.4 is 5.73 Å². The summed E-state index contributed by atoms with van der Waals surface area (Å²) in [6.45, 7) is 10.1. The summed E-state index contributed by atoms with van der Waals surface area (Å²) in [5.74, 6) is 1.57. The van der Waals surface area contributed by atoms with E-state index in [0.29, 0.717) is 0 Å². The summed E-state index contributed by atoms with van der Waals surface area (Å²) in [6.07, 6.45) is 1.05. The Morgan fingerprint density at radius 1 is 1.17 bits per heavy atom. The molecule has 3 atom stereocenters. The van der Waals surface area contributed by atoms with Gasteiger partial charge >= 0.3 is 0 Å². The van der Waals surface area contributed by atoms with Gasteiger partial charge in [0.05, 0.1) is 0 Å². The van der Waals surface area contributed by atoms with Crippen LogP contribution in [0, 0.1) is 11.8 Å². The molecular weight excluding hydrogens is 220 g/mol. The molecule has 1 aromatic rings. The van der Waals surface area contributed by atoms with Crippen molar-refractivity contribution in [2.75, 3.05) is 19.6 Å². The van der Waals surface area contributed by atoms with Crippen LogP contribution in [0.3, 0.4) is 0 Å². The molecular formula is C16H26N2. The highest BCUT2D eigenvalue weighted by Crippen LogP contribution is 2.30. The number of likely N-dealkylation sites (tertiary alicyclic amines) is 1. The second-order valence-electron chi connectivity index (χ2n) is 6.22. The van der Waals surface area contributed by atoms with E-state index in [1.807, 2.05) is 0 Å². The summed E-state index contributed by atoms with van der Waals surface area (Å²) in [4.78, 5) is 2.59. The summed E-state index contributed by atoms with van der Waals surface area (Å²) in [5, 5.41) is 0. The third kappa shape index (κ3) is 2.76. The summed E-state index contributed by atoms with van der Waals surface area (Å²) in [5.41, 5.74) is 7.57. The first-order valence-corrected chi connectivity index (χ1v) is 7.04. The lowest BCUT2D eigenvalue weighted by atomic mass is 9.91. The average molecular weight is 246 g/mol. The van der Waals surface area contributed by atoms with E-state index in [1.54, 1.807) is 0 Å². The van der Waals surface area contributed by atoms with Gasteiger partial charge in [0.15, 0.2) is 0 Å². The Morgan fingerprint density at radius 2 is 1.72 bits per heavy atom. The molecule has 0 amide bonds. The Hall–Kier alpha value is -0.860. The number of hydrogen-bond donors (Lipinski definition) is 1. The number of benzene rings is 1. The van der Waals surface area contributed by atoms with Gasteiger partial charge in [-0.15, -0.1) is 0 Å². The lowest BCUT2D eigenvalue weighted by molar-refractivity contribution is 0.135. The van der Waals surface area contributed by atoms with Crippen molar-refractivity contribution < 1.29 is 0 Å². The first-order chi connectivity index (χ1) is 8.55. The number of rotatable bonds is 4. The lowest BCUT2D eigenvalue weighted by Gasteiger charge is -2.38. The topological polar surface area (TPSA) is 29.3 Å². The summed E-state index contributed by atoms with van der Waals surface area (Å²) in [6, 6.07) is 10.7. The molecule has 1 aromatic carbocycles. The molecule has 2 nitrogen and oxygen atoms in total. The van der Waals surface area contributed by atoms with Gasteiger partial charge in [0.25, 0.3) is 0 Å². The van der Waals surface area contributed by atoms with Crippen molar-refractivity contribution in [1.29, 1.82) is 0 Å². The van der Waals surface area contributed by atoms with Crippen LogP contribution in [0.5, 0.6) is 0 Å². The van der Waals surface area contributed by atoms with Crippen LogP contribution in [0.4, 0.5) is 0 Å². The minimum absolute atomic E-state index is 0.0976. The van der Waals surface area contributed by atoms with Crippen LogP contribution in [0.15, 0.2) is 30.3 Å². The van der Waals surface area contributed by atoms with Crippen molar-refractivity contribution in [2.24, 2.45) is 17.6 Å². The van der Waals surface area contributed by atoms with Gasteiger partial charge in [-0.05, 0) is 30.7 Å². The Labute approximate surface area is 111 Å². The van der Waals surface area contributed by atoms with Crippen LogP contribution in [0.2, 0.25) is 0 Å². The van der Waals surface area contributed by atoms with E-state index >= 15 is 0 Å². The highest BCUT2D eigenvalue weighted by atomic mass is 15.2. The van der Waals surface area contributed by atoms with Crippen LogP contribution in [-0.4, -0.2) is 30.1 Å². The van der Waals surface area contributed by atoms with Gasteiger partial charge in [-0.2, -0.15) is 0 Å². The average Bonchev–Trinajstić information content (AvgIpc) is 2.71. The van der Waals surface area contributed by atoms with Crippen molar-refractivity contribution in [3.63, 3.8) is 0 Å². The molecule has 1 heterocycles. The molecule has 18 heavy (non-hydrogen) atoms. The van der Waals surface area contributed by atoms with E-state index < -0.39 is 0 Å². The van der Waals surface area contributed by atoms with Gasteiger partial charge in [0.1, 0.15) is 0 Å². The predicted octanol–water partition coefficient (Wildman–Crippen LogP) is 2.53. The summed E-state index contributed by atoms with van der Waals surface area (Å²) >= 11 is 0. The Morgan fingerprint density at radius 3 is 2.22 bits per heavy atom. The summed E-state index contributed by atoms with van der Waals surface area (Å²) < 4.78 is 0. The normalized spacial score (nSPS) is 28.2. The molecule has 1 fully saturated rings. The molecule has 0 aliphatic carbocycles. The lowest BCUT2D eigenvalue weighted by Crippen LogP contribution is -2.52. The molecule has 2 rings (SSSR count). The molecule has 0 bridgehead atoms. The van der Waals surface area contributed by atoms with Gasteiger partial charge in [0, 0.05) is 25.2 Å². The maximum Gasteiger partial charge on any atom is 0.0344 e. The van der Waals surface area contributed by atoms with Crippen LogP contribution in [0.1, 0.15) is 26.3 Å². The molecule has 2 N–H and O–H groups in total. The van der Waals surface area contributed by atoms with Crippen molar-refractivity contribution in [1.82, 2.24) is 4.90 Å². The molecule has 100 valence electrons. The fourth-order valence-corrected chi connectivity index (χ4v) is 2.92. The van der Waals surface area contributed by atoms with E-state index in [-0.39, 0.29) is 5.54 Å². The third-order valence-electron chi connectivity index (χ3n) is 4.62. The van der Waals surface area contributed by atoms with Crippen LogP contribution in [0.25, 0.3) is 0 Å². The van der Waals surface area contributed by atoms with E-state index in [1.165, 1.54) is 18.7 Å². The van der Waals surface area contributed by atoms with Gasteiger partial charge < -0.3 is 5.73 Å². The Balaban J connectivity index is 2.11. The highest BCUT2D eigenvalue weighted by molar-refractivity contribution is 5.18. The zero-order valence-corrected chi connectivity index (χ0v) is 11.9. The van der Waals surface area contributed by atoms with E-state index in [4.69, 9.17) is 5.73 Å². The second-order valence-corrected chi connectivity index (χ2v) is 6.22. The van der Waals surface area contributed by atoms with Crippen molar-refractivity contribution in [3.05, 3.63) is 35.9 Å². The molecule has 2 heteroatoms. The van der Waals surface area contributed by atoms with Gasteiger partial charge in [0.2, 0.25) is 0 Å². The maximum absolute atomic E-state index is 6.08. The maximum atomic E-state index is 6.08. The smallest absolute Gasteiger partial charge is 0.0344 e. The molecule has 1 saturated heterocycles. The minimum atomic E-state index is 0.0976. The summed E-state index contributed by atoms with van der Waals surface area (Å²) in [7, 11) is 0. The zero-order chi connectivity index (χ0) is 13.2. The van der Waals surface area contributed by atoms with Crippen molar-refractivity contribution in [2.45, 2.75) is 32.7 Å². The van der Waals surface area contributed by atoms with Gasteiger partial charge in [-0.25, -0.2) is 0 Å². The molecule has 0 spiro atoms. The van der Waals surface area contributed by atoms with Crippen LogP contribution in [-0.2, 0) is 6.42 Å². The highest BCUT2D eigenvalue weighted by Gasteiger charge is 2.37. The van der Waals surface area contributed by atoms with Crippen molar-refractivity contribution in [3.8, 4) is 0 Å². The molecule has 0 aromatic heterocycles. The number of hydrogen-bond acceptors (Lipinski definition) is 2. The molecule has 0 radical (unpaired) electrons. The minimum Gasteiger partial charge on any atom is -0.329 e. The van der Waals surface area contributed by atoms with Gasteiger partial charge in [-0.3, -0.25) is 4.90 Å². The Kier molecular flexibility index (Phi) is 4.08. The first kappa shape index (κ1) is 13.6. The van der Waals surface area contributed by atoms with Gasteiger partial charge in [-0.1, -0.05) is 44.2 Å². The Bertz CT molecular complexity index is 366. The second kappa shape index (κ2) is 5.41. The van der Waals surface area contributed by atoms with Crippen molar-refractivity contribution >= 4 is 0 Å². The molecule has 1 aliphatic rings. The molecule has 1 aliphatic heterocycles. The fourth-order valence-electron chi connectivity index (χ4n) is 2.92. The molecule has 0 saturated carbocycles. The monoisotopic (exact) mass is 246 g/mol. The standard InChI is InChI=1S/C16H26N2/c1-13-10-18(11-14(13)2)16(3,12-17)9-15-7-5-4-6-8-15/h4-8,13-14H,9-12,17H2,1-3H3. The number of nitrogens with zero attached hydrogens (tertiary/aromatic N) is 1. The van der Waals surface area contributed by atoms with E-state index in [2.05, 4.69) is 56.0 Å². The fraction of sp³-hybridized carbons (Fsp3) is 0.625. The predicted molar refractivity (Wildman–Crippen MR) is 77.5 cm³/mol. The number of nitrogens with two attached hydrogens (primary N) is 1. The largest absolute Gasteiger partial charge is 0.329 e. The van der Waals surface area contributed by atoms with E-state index in [9.17, 15) is 0 Å². The first-order valence-electron chi connectivity index (χ1n) is 7.04. The quantitative estimate of drug-likeness (QED) is 0.884. The molecule has 3 unspecified atom stereocenters. The zero-order valence-electron chi connectivity index (χ0n) is 11.9. The van der Waals surface area contributed by atoms with E-state index in [0.717, 1.165) is 24.8 Å². The van der Waals surface area contributed by atoms with Crippen LogP contribution >= 0.6 is 0 Å².